The van der Waals surface area contributed by atoms with E-state index in [1.807, 2.05) is 78.9 Å². The highest BCUT2D eigenvalue weighted by Gasteiger charge is 2.19. The predicted molar refractivity (Wildman–Crippen MR) is 190 cm³/mol. The normalized spacial score (nSPS) is 11.4. The van der Waals surface area contributed by atoms with Gasteiger partial charge in [0, 0.05) is 28.3 Å². The van der Waals surface area contributed by atoms with E-state index in [0.717, 1.165) is 61.0 Å². The lowest BCUT2D eigenvalue weighted by Gasteiger charge is -2.15. The first-order valence-electron chi connectivity index (χ1n) is 15.6. The highest BCUT2D eigenvalue weighted by atomic mass is 16.3. The molecule has 0 bridgehead atoms. The van der Waals surface area contributed by atoms with Crippen molar-refractivity contribution in [2.24, 2.45) is 0 Å². The fraction of sp³-hybridized carbons (Fsp3) is 0. The summed E-state index contributed by atoms with van der Waals surface area (Å²) in [6.45, 7) is 0. The van der Waals surface area contributed by atoms with Crippen molar-refractivity contribution in [1.29, 1.82) is 0 Å². The molecule has 0 saturated carbocycles. The van der Waals surface area contributed by atoms with Gasteiger partial charge in [-0.1, -0.05) is 121 Å². The van der Waals surface area contributed by atoms with E-state index in [9.17, 15) is 0 Å². The van der Waals surface area contributed by atoms with Gasteiger partial charge < -0.3 is 4.42 Å². The lowest BCUT2D eigenvalue weighted by Crippen LogP contribution is -2.01. The molecule has 3 aromatic heterocycles. The summed E-state index contributed by atoms with van der Waals surface area (Å²) in [5, 5.41) is 3.35. The van der Waals surface area contributed by atoms with E-state index in [-0.39, 0.29) is 0 Å². The Bertz CT molecular complexity index is 2510. The predicted octanol–water partition coefficient (Wildman–Crippen LogP) is 10.7. The van der Waals surface area contributed by atoms with Crippen molar-refractivity contribution in [3.05, 3.63) is 158 Å². The van der Waals surface area contributed by atoms with Crippen molar-refractivity contribution < 1.29 is 4.42 Å². The quantitative estimate of drug-likeness (QED) is 0.196. The Labute approximate surface area is 270 Å². The number of rotatable bonds is 5. The first kappa shape index (κ1) is 26.9. The van der Waals surface area contributed by atoms with Crippen molar-refractivity contribution in [3.63, 3.8) is 0 Å². The number of hydrogen-bond acceptors (Lipinski definition) is 5. The lowest BCUT2D eigenvalue weighted by molar-refractivity contribution is 0.668. The van der Waals surface area contributed by atoms with Crippen molar-refractivity contribution >= 4 is 32.8 Å². The van der Waals surface area contributed by atoms with Crippen LogP contribution >= 0.6 is 0 Å². The monoisotopic (exact) mass is 602 g/mol. The molecule has 0 atom stereocenters. The number of aromatic nitrogens is 4. The molecular formula is C42H26N4O. The summed E-state index contributed by atoms with van der Waals surface area (Å²) in [4.78, 5) is 19.8. The van der Waals surface area contributed by atoms with Crippen LogP contribution in [0.4, 0.5) is 0 Å². The van der Waals surface area contributed by atoms with Crippen LogP contribution in [-0.2, 0) is 0 Å². The molecule has 220 valence electrons. The zero-order valence-corrected chi connectivity index (χ0v) is 25.2. The molecule has 0 fully saturated rings. The van der Waals surface area contributed by atoms with Gasteiger partial charge >= 0.3 is 0 Å². The zero-order chi connectivity index (χ0) is 31.2. The Morgan fingerprint density at radius 2 is 1.04 bits per heavy atom. The zero-order valence-electron chi connectivity index (χ0n) is 25.2. The number of benzene rings is 6. The first-order valence-corrected chi connectivity index (χ1v) is 15.6. The van der Waals surface area contributed by atoms with E-state index in [2.05, 4.69) is 77.8 Å². The molecule has 9 rings (SSSR count). The van der Waals surface area contributed by atoms with Crippen molar-refractivity contribution in [1.82, 2.24) is 19.9 Å². The molecule has 0 aliphatic rings. The molecule has 47 heavy (non-hydrogen) atoms. The molecular weight excluding hydrogens is 576 g/mol. The van der Waals surface area contributed by atoms with Gasteiger partial charge in [0.05, 0.1) is 0 Å². The number of pyridine rings is 1. The molecule has 5 heteroatoms. The van der Waals surface area contributed by atoms with E-state index < -0.39 is 0 Å². The molecule has 0 saturated heterocycles. The standard InChI is InChI=1S/C42H26N4O/c1-3-12-28(13-4-1)40-44-41(29-14-5-2-6-15-29)46-42(45-40)35-25-30(33-18-9-16-27-11-7-8-17-32(27)33)20-22-34(35)31-21-23-37-36(26-31)39-38(47-37)19-10-24-43-39/h1-26H. The Morgan fingerprint density at radius 3 is 1.83 bits per heavy atom. The molecule has 9 aromatic rings. The smallest absolute Gasteiger partial charge is 0.164 e. The van der Waals surface area contributed by atoms with Crippen LogP contribution in [-0.4, -0.2) is 19.9 Å². The number of hydrogen-bond donors (Lipinski definition) is 0. The van der Waals surface area contributed by atoms with Crippen LogP contribution in [0.25, 0.3) is 89.3 Å². The van der Waals surface area contributed by atoms with Gasteiger partial charge in [-0.2, -0.15) is 0 Å². The van der Waals surface area contributed by atoms with Crippen LogP contribution in [0, 0.1) is 0 Å². The summed E-state index contributed by atoms with van der Waals surface area (Å²) in [6.07, 6.45) is 1.80. The maximum Gasteiger partial charge on any atom is 0.164 e. The van der Waals surface area contributed by atoms with E-state index in [0.29, 0.717) is 17.5 Å². The van der Waals surface area contributed by atoms with Gasteiger partial charge in [-0.15, -0.1) is 0 Å². The Kier molecular flexibility index (Phi) is 6.39. The molecule has 3 heterocycles. The summed E-state index contributed by atoms with van der Waals surface area (Å²) in [5.74, 6) is 1.85. The SMILES string of the molecule is c1ccc(-c2nc(-c3ccccc3)nc(-c3cc(-c4cccc5ccccc45)ccc3-c3ccc4oc5cccnc5c4c3)n2)cc1. The molecule has 0 unspecified atom stereocenters. The lowest BCUT2D eigenvalue weighted by atomic mass is 9.92. The Hall–Kier alpha value is -6.46. The van der Waals surface area contributed by atoms with E-state index in [1.54, 1.807) is 6.20 Å². The molecule has 0 spiro atoms. The topological polar surface area (TPSA) is 64.7 Å². The van der Waals surface area contributed by atoms with Gasteiger partial charge in [0.15, 0.2) is 23.1 Å². The van der Waals surface area contributed by atoms with Gasteiger partial charge in [-0.3, -0.25) is 4.98 Å². The van der Waals surface area contributed by atoms with Gasteiger partial charge in [0.1, 0.15) is 11.1 Å². The minimum Gasteiger partial charge on any atom is -0.454 e. The molecule has 0 aliphatic heterocycles. The van der Waals surface area contributed by atoms with Crippen LogP contribution in [0.3, 0.4) is 0 Å². The Balaban J connectivity index is 1.32. The van der Waals surface area contributed by atoms with E-state index in [4.69, 9.17) is 19.4 Å². The van der Waals surface area contributed by atoms with Gasteiger partial charge in [-0.25, -0.2) is 15.0 Å². The maximum atomic E-state index is 6.11. The highest BCUT2D eigenvalue weighted by Crippen LogP contribution is 2.39. The number of furan rings is 1. The fourth-order valence-electron chi connectivity index (χ4n) is 6.32. The third kappa shape index (κ3) is 4.82. The number of fused-ring (bicyclic) bond motifs is 4. The van der Waals surface area contributed by atoms with Gasteiger partial charge in [0.25, 0.3) is 0 Å². The largest absolute Gasteiger partial charge is 0.454 e. The van der Waals surface area contributed by atoms with E-state index in [1.165, 1.54) is 10.8 Å². The highest BCUT2D eigenvalue weighted by molar-refractivity contribution is 6.05. The van der Waals surface area contributed by atoms with Crippen LogP contribution < -0.4 is 0 Å². The number of nitrogens with zero attached hydrogens (tertiary/aromatic N) is 4. The minimum atomic E-state index is 0.602. The summed E-state index contributed by atoms with van der Waals surface area (Å²) in [7, 11) is 0. The van der Waals surface area contributed by atoms with Crippen LogP contribution in [0.15, 0.2) is 162 Å². The van der Waals surface area contributed by atoms with Crippen LogP contribution in [0.1, 0.15) is 0 Å². The summed E-state index contributed by atoms with van der Waals surface area (Å²) < 4.78 is 6.11. The molecule has 0 amide bonds. The second-order valence-electron chi connectivity index (χ2n) is 11.5. The van der Waals surface area contributed by atoms with E-state index >= 15 is 0 Å². The van der Waals surface area contributed by atoms with Crippen molar-refractivity contribution in [2.45, 2.75) is 0 Å². The Morgan fingerprint density at radius 1 is 0.383 bits per heavy atom. The molecule has 0 radical (unpaired) electrons. The fourth-order valence-corrected chi connectivity index (χ4v) is 6.32. The minimum absolute atomic E-state index is 0.602. The van der Waals surface area contributed by atoms with Gasteiger partial charge in [0.2, 0.25) is 0 Å². The average Bonchev–Trinajstić information content (AvgIpc) is 3.53. The first-order chi connectivity index (χ1) is 23.3. The second-order valence-corrected chi connectivity index (χ2v) is 11.5. The van der Waals surface area contributed by atoms with Crippen LogP contribution in [0.5, 0.6) is 0 Å². The van der Waals surface area contributed by atoms with Crippen LogP contribution in [0.2, 0.25) is 0 Å². The van der Waals surface area contributed by atoms with Crippen molar-refractivity contribution in [3.8, 4) is 56.4 Å². The maximum absolute atomic E-state index is 6.11. The third-order valence-corrected chi connectivity index (χ3v) is 8.60. The average molecular weight is 603 g/mol. The molecule has 0 aliphatic carbocycles. The summed E-state index contributed by atoms with van der Waals surface area (Å²) >= 11 is 0. The third-order valence-electron chi connectivity index (χ3n) is 8.60. The summed E-state index contributed by atoms with van der Waals surface area (Å²) in [5.41, 5.74) is 9.44. The molecule has 5 nitrogen and oxygen atoms in total. The summed E-state index contributed by atoms with van der Waals surface area (Å²) in [6, 6.07) is 51.8. The van der Waals surface area contributed by atoms with Crippen molar-refractivity contribution in [2.75, 3.05) is 0 Å². The van der Waals surface area contributed by atoms with Gasteiger partial charge in [-0.05, 0) is 63.4 Å². The second kappa shape index (κ2) is 11.2. The molecule has 0 N–H and O–H groups in total. The molecule has 6 aromatic carbocycles.